The molecule has 2 aromatic carbocycles. The molecular formula is C23H18FN3O5. The van der Waals surface area contributed by atoms with Crippen molar-refractivity contribution in [2.45, 2.75) is 13.0 Å². The zero-order valence-electron chi connectivity index (χ0n) is 16.8. The molecule has 2 aliphatic carbocycles. The Morgan fingerprint density at radius 2 is 1.81 bits per heavy atom. The van der Waals surface area contributed by atoms with Gasteiger partial charge in [0.15, 0.2) is 0 Å². The minimum Gasteiger partial charge on any atom is -0.488 e. The van der Waals surface area contributed by atoms with Gasteiger partial charge in [-0.25, -0.2) is 4.39 Å². The van der Waals surface area contributed by atoms with Crippen molar-refractivity contribution >= 4 is 23.7 Å². The van der Waals surface area contributed by atoms with Gasteiger partial charge in [0, 0.05) is 23.3 Å². The Morgan fingerprint density at radius 3 is 2.47 bits per heavy atom. The number of nitro groups is 1. The van der Waals surface area contributed by atoms with Gasteiger partial charge in [0.2, 0.25) is 0 Å². The molecule has 4 atom stereocenters. The molecule has 3 aliphatic rings. The fraction of sp³-hybridized carbons (Fsp3) is 0.261. The van der Waals surface area contributed by atoms with Crippen LogP contribution in [0.4, 0.5) is 10.1 Å². The second-order valence-electron chi connectivity index (χ2n) is 8.09. The van der Waals surface area contributed by atoms with Gasteiger partial charge in [-0.05, 0) is 30.4 Å². The number of hydrogen-bond donors (Lipinski definition) is 0. The van der Waals surface area contributed by atoms with Crippen molar-refractivity contribution in [3.05, 3.63) is 81.7 Å². The predicted molar refractivity (Wildman–Crippen MR) is 111 cm³/mol. The quantitative estimate of drug-likeness (QED) is 0.227. The van der Waals surface area contributed by atoms with Crippen molar-refractivity contribution in [2.75, 3.05) is 0 Å². The van der Waals surface area contributed by atoms with E-state index in [9.17, 15) is 24.1 Å². The number of carbonyl (C=O) groups is 2. The number of imide groups is 1. The van der Waals surface area contributed by atoms with Gasteiger partial charge in [0.1, 0.15) is 18.2 Å². The highest BCUT2D eigenvalue weighted by molar-refractivity contribution is 6.07. The topological polar surface area (TPSA) is 102 Å². The molecule has 0 spiro atoms. The molecule has 2 amide bonds. The number of hydrazone groups is 1. The number of ether oxygens (including phenoxy) is 1. The third kappa shape index (κ3) is 3.26. The van der Waals surface area contributed by atoms with Gasteiger partial charge in [0.25, 0.3) is 17.5 Å². The largest absolute Gasteiger partial charge is 0.488 e. The second-order valence-corrected chi connectivity index (χ2v) is 8.09. The summed E-state index contributed by atoms with van der Waals surface area (Å²) < 4.78 is 19.6. The van der Waals surface area contributed by atoms with Gasteiger partial charge in [-0.1, -0.05) is 30.4 Å². The Bertz CT molecular complexity index is 1160. The average Bonchev–Trinajstić information content (AvgIpc) is 3.46. The second kappa shape index (κ2) is 7.67. The Hall–Kier alpha value is -3.88. The number of halogens is 1. The van der Waals surface area contributed by atoms with E-state index in [4.69, 9.17) is 4.74 Å². The Kier molecular flexibility index (Phi) is 4.80. The van der Waals surface area contributed by atoms with Gasteiger partial charge in [-0.2, -0.15) is 10.1 Å². The van der Waals surface area contributed by atoms with E-state index in [2.05, 4.69) is 5.10 Å². The van der Waals surface area contributed by atoms with Crippen LogP contribution in [0.3, 0.4) is 0 Å². The molecule has 162 valence electrons. The predicted octanol–water partition coefficient (Wildman–Crippen LogP) is 3.45. The lowest BCUT2D eigenvalue weighted by atomic mass is 9.85. The van der Waals surface area contributed by atoms with E-state index >= 15 is 0 Å². The minimum atomic E-state index is -0.572. The van der Waals surface area contributed by atoms with Crippen molar-refractivity contribution < 1.29 is 23.6 Å². The lowest BCUT2D eigenvalue weighted by Gasteiger charge is -2.13. The lowest BCUT2D eigenvalue weighted by molar-refractivity contribution is -0.384. The molecule has 2 bridgehead atoms. The molecular weight excluding hydrogens is 417 g/mol. The van der Waals surface area contributed by atoms with E-state index in [1.807, 2.05) is 12.2 Å². The first-order chi connectivity index (χ1) is 15.4. The fourth-order valence-electron chi connectivity index (χ4n) is 4.77. The van der Waals surface area contributed by atoms with Gasteiger partial charge >= 0.3 is 0 Å². The highest BCUT2D eigenvalue weighted by Gasteiger charge is 2.59. The summed E-state index contributed by atoms with van der Waals surface area (Å²) in [7, 11) is 0. The van der Waals surface area contributed by atoms with Crippen LogP contribution in [0, 0.1) is 39.6 Å². The highest BCUT2D eigenvalue weighted by atomic mass is 19.1. The van der Waals surface area contributed by atoms with Crippen LogP contribution < -0.4 is 4.74 Å². The van der Waals surface area contributed by atoms with Crippen LogP contribution >= 0.6 is 0 Å². The van der Waals surface area contributed by atoms with Crippen LogP contribution in [0.5, 0.6) is 5.75 Å². The molecule has 0 unspecified atom stereocenters. The number of rotatable bonds is 6. The molecule has 5 rings (SSSR count). The molecule has 1 saturated heterocycles. The molecule has 0 radical (unpaired) electrons. The molecule has 1 heterocycles. The number of nitrogens with zero attached hydrogens (tertiary/aromatic N) is 3. The normalized spacial score (nSPS) is 25.7. The van der Waals surface area contributed by atoms with Crippen LogP contribution in [0.15, 0.2) is 59.7 Å². The third-order valence-corrected chi connectivity index (χ3v) is 6.30. The maximum Gasteiger partial charge on any atom is 0.270 e. The number of benzene rings is 2. The summed E-state index contributed by atoms with van der Waals surface area (Å²) in [6.45, 7) is -0.105. The van der Waals surface area contributed by atoms with Crippen molar-refractivity contribution in [1.29, 1.82) is 0 Å². The van der Waals surface area contributed by atoms with E-state index < -0.39 is 22.6 Å². The molecule has 2 aromatic rings. The molecule has 2 fully saturated rings. The first-order valence-electron chi connectivity index (χ1n) is 10.2. The van der Waals surface area contributed by atoms with Crippen LogP contribution in [0.2, 0.25) is 0 Å². The molecule has 1 aliphatic heterocycles. The van der Waals surface area contributed by atoms with E-state index in [1.165, 1.54) is 30.5 Å². The molecule has 9 heteroatoms. The summed E-state index contributed by atoms with van der Waals surface area (Å²) in [4.78, 5) is 36.2. The summed E-state index contributed by atoms with van der Waals surface area (Å²) >= 11 is 0. The van der Waals surface area contributed by atoms with Crippen LogP contribution in [-0.2, 0) is 16.2 Å². The van der Waals surface area contributed by atoms with Crippen LogP contribution in [-0.4, -0.2) is 28.0 Å². The molecule has 32 heavy (non-hydrogen) atoms. The summed E-state index contributed by atoms with van der Waals surface area (Å²) in [6, 6.07) is 9.98. The van der Waals surface area contributed by atoms with Gasteiger partial charge in [0.05, 0.1) is 23.0 Å². The van der Waals surface area contributed by atoms with Crippen LogP contribution in [0.25, 0.3) is 0 Å². The highest BCUT2D eigenvalue weighted by Crippen LogP contribution is 2.52. The fourth-order valence-corrected chi connectivity index (χ4v) is 4.77. The number of fused-ring (bicyclic) bond motifs is 5. The smallest absolute Gasteiger partial charge is 0.270 e. The van der Waals surface area contributed by atoms with Crippen LogP contribution in [0.1, 0.15) is 17.5 Å². The number of carbonyl (C=O) groups excluding carboxylic acids is 2. The monoisotopic (exact) mass is 435 g/mol. The third-order valence-electron chi connectivity index (χ3n) is 6.30. The van der Waals surface area contributed by atoms with E-state index in [0.717, 1.165) is 11.4 Å². The standard InChI is InChI=1S/C23H18FN3O5/c24-18-4-2-1-3-15(18)12-32-19-8-7-17(27(30)31)10-16(19)11-25-26-22(28)20-13-5-6-14(9-13)21(20)23(26)29/h1-8,10-11,13-14,20-21H,9,12H2/t13-,14-,20-,21+/m0/s1. The molecule has 8 nitrogen and oxygen atoms in total. The maximum atomic E-state index is 13.9. The number of allylic oxidation sites excluding steroid dienone is 2. The van der Waals surface area contributed by atoms with Crippen molar-refractivity contribution in [1.82, 2.24) is 5.01 Å². The summed E-state index contributed by atoms with van der Waals surface area (Å²) in [5.74, 6) is -1.61. The Morgan fingerprint density at radius 1 is 1.12 bits per heavy atom. The Balaban J connectivity index is 1.41. The summed E-state index contributed by atoms with van der Waals surface area (Å²) in [5, 5.41) is 16.1. The van der Waals surface area contributed by atoms with Gasteiger partial charge < -0.3 is 4.74 Å². The van der Waals surface area contributed by atoms with Crippen molar-refractivity contribution in [2.24, 2.45) is 28.8 Å². The van der Waals surface area contributed by atoms with E-state index in [-0.39, 0.29) is 47.3 Å². The summed E-state index contributed by atoms with van der Waals surface area (Å²) in [6.07, 6.45) is 5.98. The van der Waals surface area contributed by atoms with Crippen molar-refractivity contribution in [3.63, 3.8) is 0 Å². The first kappa shape index (κ1) is 20.0. The average molecular weight is 435 g/mol. The number of hydrogen-bond acceptors (Lipinski definition) is 6. The van der Waals surface area contributed by atoms with Gasteiger partial charge in [-0.3, -0.25) is 19.7 Å². The molecule has 1 saturated carbocycles. The van der Waals surface area contributed by atoms with E-state index in [0.29, 0.717) is 5.56 Å². The maximum absolute atomic E-state index is 13.9. The number of nitro benzene ring substituents is 1. The SMILES string of the molecule is O=C1[C@@H]2[C@H](C(=O)N1N=Cc1cc([N+](=O)[O-])ccc1OCc1ccccc1F)[C@H]1C=C[C@H]2C1. The summed E-state index contributed by atoms with van der Waals surface area (Å²) in [5.41, 5.74) is 0.312. The molecule has 0 N–H and O–H groups in total. The zero-order valence-corrected chi connectivity index (χ0v) is 16.8. The first-order valence-corrected chi connectivity index (χ1v) is 10.2. The molecule has 0 aromatic heterocycles. The minimum absolute atomic E-state index is 0.0547. The number of amides is 2. The number of non-ortho nitro benzene ring substituents is 1. The zero-order chi connectivity index (χ0) is 22.4. The van der Waals surface area contributed by atoms with E-state index in [1.54, 1.807) is 18.2 Å². The lowest BCUT2D eigenvalue weighted by Crippen LogP contribution is -2.28. The van der Waals surface area contributed by atoms with Crippen molar-refractivity contribution in [3.8, 4) is 5.75 Å². The van der Waals surface area contributed by atoms with Gasteiger partial charge in [-0.15, -0.1) is 0 Å². The Labute approximate surface area is 182 Å².